The zero-order valence-electron chi connectivity index (χ0n) is 20.3. The van der Waals surface area contributed by atoms with Gasteiger partial charge in [0.15, 0.2) is 11.5 Å². The molecule has 0 spiro atoms. The van der Waals surface area contributed by atoms with Crippen molar-refractivity contribution in [1.82, 2.24) is 24.9 Å². The SMILES string of the molecule is O=C(O)C(F)(F)F.O=C(O)C(F)(F)F.c1cc(OC2CCNCC2)c2nc(-c3nnc4ccccn34)ccc2c1. The molecule has 3 N–H and O–H groups in total. The van der Waals surface area contributed by atoms with E-state index in [0.717, 1.165) is 59.7 Å². The maximum absolute atomic E-state index is 10.6. The molecular formula is C24H21F6N5O5. The van der Waals surface area contributed by atoms with Crippen LogP contribution in [0.1, 0.15) is 12.8 Å². The maximum Gasteiger partial charge on any atom is 0.490 e. The predicted molar refractivity (Wildman–Crippen MR) is 128 cm³/mol. The Labute approximate surface area is 221 Å². The Morgan fingerprint density at radius 3 is 2.10 bits per heavy atom. The first-order chi connectivity index (χ1) is 18.8. The molecule has 3 aromatic heterocycles. The van der Waals surface area contributed by atoms with Crippen molar-refractivity contribution in [2.45, 2.75) is 31.3 Å². The van der Waals surface area contributed by atoms with Gasteiger partial charge in [0.2, 0.25) is 0 Å². The first-order valence-electron chi connectivity index (χ1n) is 11.4. The van der Waals surface area contributed by atoms with Crippen LogP contribution in [-0.4, -0.2) is 73.3 Å². The van der Waals surface area contributed by atoms with Crippen LogP contribution in [0.25, 0.3) is 28.1 Å². The molecule has 1 aliphatic rings. The van der Waals surface area contributed by atoms with Crippen molar-refractivity contribution in [2.75, 3.05) is 13.1 Å². The third-order valence-electron chi connectivity index (χ3n) is 5.29. The van der Waals surface area contributed by atoms with Crippen molar-refractivity contribution < 1.29 is 50.9 Å². The lowest BCUT2D eigenvalue weighted by Crippen LogP contribution is -2.34. The topological polar surface area (TPSA) is 139 Å². The number of halogens is 6. The number of nitrogens with one attached hydrogen (secondary N) is 1. The van der Waals surface area contributed by atoms with E-state index in [1.54, 1.807) is 0 Å². The molecule has 0 unspecified atom stereocenters. The smallest absolute Gasteiger partial charge is 0.488 e. The lowest BCUT2D eigenvalue weighted by Gasteiger charge is -2.24. The van der Waals surface area contributed by atoms with Crippen molar-refractivity contribution in [3.8, 4) is 17.3 Å². The number of rotatable bonds is 3. The standard InChI is InChI=1S/C20H19N5O.2C2HF3O2/c1-2-13-25-18(6-1)23-24-20(25)16-8-7-14-4-3-5-17(19(14)22-16)26-15-9-11-21-12-10-15;2*3-2(4,5)1(6)7/h1-8,13,15,21H,9-12H2;2*(H,6,7). The monoisotopic (exact) mass is 573 g/mol. The summed E-state index contributed by atoms with van der Waals surface area (Å²) in [4.78, 5) is 22.7. The molecule has 1 saturated heterocycles. The number of aromatic nitrogens is 4. The number of nitrogens with zero attached hydrogens (tertiary/aromatic N) is 4. The van der Waals surface area contributed by atoms with Gasteiger partial charge < -0.3 is 20.3 Å². The molecule has 0 saturated carbocycles. The van der Waals surface area contributed by atoms with Gasteiger partial charge in [0.25, 0.3) is 0 Å². The Kier molecular flexibility index (Phi) is 9.47. The van der Waals surface area contributed by atoms with Gasteiger partial charge in [-0.05, 0) is 50.2 Å². The Hall–Kier alpha value is -4.47. The van der Waals surface area contributed by atoms with E-state index in [-0.39, 0.29) is 6.10 Å². The summed E-state index contributed by atoms with van der Waals surface area (Å²) in [6, 6.07) is 16.0. The summed E-state index contributed by atoms with van der Waals surface area (Å²) in [5.41, 5.74) is 2.47. The van der Waals surface area contributed by atoms with E-state index < -0.39 is 24.3 Å². The summed E-state index contributed by atoms with van der Waals surface area (Å²) < 4.78 is 71.7. The fourth-order valence-corrected chi connectivity index (χ4v) is 3.45. The lowest BCUT2D eigenvalue weighted by atomic mass is 10.1. The van der Waals surface area contributed by atoms with E-state index in [1.807, 2.05) is 47.0 Å². The molecule has 1 aliphatic heterocycles. The van der Waals surface area contributed by atoms with Crippen molar-refractivity contribution in [2.24, 2.45) is 0 Å². The summed E-state index contributed by atoms with van der Waals surface area (Å²) in [6.45, 7) is 2.00. The number of carboxylic acids is 2. The molecule has 40 heavy (non-hydrogen) atoms. The van der Waals surface area contributed by atoms with E-state index in [9.17, 15) is 26.3 Å². The van der Waals surface area contributed by atoms with Crippen molar-refractivity contribution >= 4 is 28.5 Å². The zero-order valence-corrected chi connectivity index (χ0v) is 20.3. The van der Waals surface area contributed by atoms with E-state index in [2.05, 4.69) is 27.6 Å². The van der Waals surface area contributed by atoms with Gasteiger partial charge in [-0.15, -0.1) is 10.2 Å². The number of pyridine rings is 2. The lowest BCUT2D eigenvalue weighted by molar-refractivity contribution is -0.193. The molecule has 0 bridgehead atoms. The van der Waals surface area contributed by atoms with E-state index in [4.69, 9.17) is 29.5 Å². The number of piperidine rings is 1. The van der Waals surface area contributed by atoms with Crippen LogP contribution in [0, 0.1) is 0 Å². The number of hydrogen-bond donors (Lipinski definition) is 3. The Morgan fingerprint density at radius 2 is 1.50 bits per heavy atom. The van der Waals surface area contributed by atoms with Crippen molar-refractivity contribution in [1.29, 1.82) is 0 Å². The van der Waals surface area contributed by atoms with Crippen LogP contribution < -0.4 is 10.1 Å². The third kappa shape index (κ3) is 8.02. The molecule has 1 fully saturated rings. The number of ether oxygens (including phenoxy) is 1. The number of carboxylic acid groups (broad SMARTS) is 2. The second-order valence-corrected chi connectivity index (χ2v) is 8.15. The Morgan fingerprint density at radius 1 is 0.875 bits per heavy atom. The molecule has 0 aliphatic carbocycles. The minimum Gasteiger partial charge on any atom is -0.488 e. The normalized spacial score (nSPS) is 14.1. The summed E-state index contributed by atoms with van der Waals surface area (Å²) in [7, 11) is 0. The fourth-order valence-electron chi connectivity index (χ4n) is 3.45. The number of carbonyl (C=O) groups is 2. The number of fused-ring (bicyclic) bond motifs is 2. The minimum atomic E-state index is -5.08. The summed E-state index contributed by atoms with van der Waals surface area (Å²) in [5, 5.41) is 27.2. The summed E-state index contributed by atoms with van der Waals surface area (Å²) in [5.74, 6) is -3.94. The average molecular weight is 573 g/mol. The quantitative estimate of drug-likeness (QED) is 0.306. The second-order valence-electron chi connectivity index (χ2n) is 8.15. The summed E-state index contributed by atoms with van der Waals surface area (Å²) >= 11 is 0. The van der Waals surface area contributed by atoms with E-state index in [0.29, 0.717) is 0 Å². The van der Waals surface area contributed by atoms with Gasteiger partial charge in [-0.25, -0.2) is 14.6 Å². The molecule has 4 heterocycles. The van der Waals surface area contributed by atoms with Gasteiger partial charge in [-0.2, -0.15) is 26.3 Å². The van der Waals surface area contributed by atoms with Crippen LogP contribution in [-0.2, 0) is 9.59 Å². The molecule has 1 aromatic carbocycles. The molecule has 5 rings (SSSR count). The van der Waals surface area contributed by atoms with Crippen LogP contribution in [0.5, 0.6) is 5.75 Å². The van der Waals surface area contributed by atoms with Gasteiger partial charge in [0, 0.05) is 11.6 Å². The second kappa shape index (κ2) is 12.6. The highest BCUT2D eigenvalue weighted by atomic mass is 19.4. The number of hydrogen-bond acceptors (Lipinski definition) is 7. The van der Waals surface area contributed by atoms with Gasteiger partial charge in [-0.3, -0.25) is 4.40 Å². The molecule has 0 atom stereocenters. The Bertz CT molecular complexity index is 1440. The third-order valence-corrected chi connectivity index (χ3v) is 5.29. The molecular weight excluding hydrogens is 552 g/mol. The predicted octanol–water partition coefficient (Wildman–Crippen LogP) is 4.34. The number of para-hydroxylation sites is 1. The largest absolute Gasteiger partial charge is 0.490 e. The molecule has 0 amide bonds. The first-order valence-corrected chi connectivity index (χ1v) is 11.4. The van der Waals surface area contributed by atoms with Gasteiger partial charge in [-0.1, -0.05) is 24.3 Å². The minimum absolute atomic E-state index is 0.237. The van der Waals surface area contributed by atoms with Crippen molar-refractivity contribution in [3.63, 3.8) is 0 Å². The van der Waals surface area contributed by atoms with E-state index in [1.165, 1.54) is 0 Å². The summed E-state index contributed by atoms with van der Waals surface area (Å²) in [6.07, 6.45) is -5.94. The zero-order chi connectivity index (χ0) is 29.5. The molecule has 0 radical (unpaired) electrons. The maximum atomic E-state index is 10.6. The van der Waals surface area contributed by atoms with Gasteiger partial charge in [0.05, 0.1) is 0 Å². The molecule has 4 aromatic rings. The van der Waals surface area contributed by atoms with Crippen LogP contribution >= 0.6 is 0 Å². The molecule has 214 valence electrons. The number of alkyl halides is 6. The fraction of sp³-hybridized carbons (Fsp3) is 0.292. The van der Waals surface area contributed by atoms with Crippen LogP contribution in [0.3, 0.4) is 0 Å². The number of benzene rings is 1. The van der Waals surface area contributed by atoms with Crippen molar-refractivity contribution in [3.05, 3.63) is 54.7 Å². The molecule has 16 heteroatoms. The highest BCUT2D eigenvalue weighted by Gasteiger charge is 2.38. The van der Waals surface area contributed by atoms with Crippen LogP contribution in [0.4, 0.5) is 26.3 Å². The Balaban J connectivity index is 0.000000263. The van der Waals surface area contributed by atoms with Gasteiger partial charge >= 0.3 is 24.3 Å². The number of aliphatic carboxylic acids is 2. The highest BCUT2D eigenvalue weighted by molar-refractivity contribution is 5.86. The first kappa shape index (κ1) is 30.1. The van der Waals surface area contributed by atoms with Crippen LogP contribution in [0.2, 0.25) is 0 Å². The van der Waals surface area contributed by atoms with Gasteiger partial charge in [0.1, 0.15) is 23.1 Å². The van der Waals surface area contributed by atoms with Crippen LogP contribution in [0.15, 0.2) is 54.7 Å². The average Bonchev–Trinajstić information content (AvgIpc) is 3.33. The van der Waals surface area contributed by atoms with E-state index >= 15 is 0 Å². The highest BCUT2D eigenvalue weighted by Crippen LogP contribution is 2.29. The molecule has 10 nitrogen and oxygen atoms in total.